The predicted octanol–water partition coefficient (Wildman–Crippen LogP) is 8.38. The summed E-state index contributed by atoms with van der Waals surface area (Å²) in [5, 5.41) is 15.9. The molecule has 0 radical (unpaired) electrons. The second-order valence-corrected chi connectivity index (χ2v) is 12.0. The number of nitrogens with zero attached hydrogens (tertiary/aromatic N) is 4. The molecule has 0 unspecified atom stereocenters. The number of pyridine rings is 1. The molecule has 1 fully saturated rings. The molecule has 10 heteroatoms. The highest BCUT2D eigenvalue weighted by Crippen LogP contribution is 2.44. The van der Waals surface area contributed by atoms with Crippen molar-refractivity contribution in [3.05, 3.63) is 141 Å². The summed E-state index contributed by atoms with van der Waals surface area (Å²) in [5.41, 5.74) is 6.28. The Morgan fingerprint density at radius 2 is 1.64 bits per heavy atom. The van der Waals surface area contributed by atoms with E-state index in [2.05, 4.69) is 57.9 Å². The molecule has 1 aliphatic heterocycles. The van der Waals surface area contributed by atoms with Crippen LogP contribution in [0, 0.1) is 24.0 Å². The lowest BCUT2D eigenvalue weighted by Gasteiger charge is -2.28. The zero-order valence-corrected chi connectivity index (χ0v) is 25.2. The maximum atomic E-state index is 11.0. The summed E-state index contributed by atoms with van der Waals surface area (Å²) in [7, 11) is 0. The van der Waals surface area contributed by atoms with E-state index in [0.717, 1.165) is 43.8 Å². The first kappa shape index (κ1) is 28.0. The van der Waals surface area contributed by atoms with Crippen molar-refractivity contribution in [1.29, 1.82) is 0 Å². The van der Waals surface area contributed by atoms with Crippen LogP contribution in [0.3, 0.4) is 0 Å². The van der Waals surface area contributed by atoms with Crippen molar-refractivity contribution in [2.45, 2.75) is 35.7 Å². The van der Waals surface area contributed by atoms with Crippen molar-refractivity contribution >= 4 is 52.1 Å². The normalized spacial score (nSPS) is 16.5. The second kappa shape index (κ2) is 11.6. The van der Waals surface area contributed by atoms with Gasteiger partial charge in [-0.15, -0.1) is 0 Å². The third-order valence-electron chi connectivity index (χ3n) is 7.35. The van der Waals surface area contributed by atoms with E-state index in [4.69, 9.17) is 23.8 Å². The summed E-state index contributed by atoms with van der Waals surface area (Å²) < 4.78 is 2.22. The molecule has 1 aliphatic rings. The number of rotatable bonds is 7. The molecule has 210 valence electrons. The molecule has 0 bridgehead atoms. The van der Waals surface area contributed by atoms with Gasteiger partial charge >= 0.3 is 0 Å². The summed E-state index contributed by atoms with van der Waals surface area (Å²) in [6, 6.07) is 30.5. The van der Waals surface area contributed by atoms with Crippen LogP contribution in [-0.2, 0) is 0 Å². The van der Waals surface area contributed by atoms with Crippen LogP contribution >= 0.6 is 35.6 Å². The molecular weight excluding hydrogens is 586 g/mol. The SMILES string of the molecule is Cc1cc([C@H]2[C@@H](c3ccccn3)NC(=S)N2c2ccc(Sc3ccc([N+](=O)[O-])cc3)cc2)c(C)n1-c1cccc(Cl)c1. The van der Waals surface area contributed by atoms with E-state index in [1.54, 1.807) is 30.1 Å². The fourth-order valence-corrected chi connectivity index (χ4v) is 6.84. The van der Waals surface area contributed by atoms with Crippen LogP contribution < -0.4 is 10.2 Å². The van der Waals surface area contributed by atoms with Gasteiger partial charge < -0.3 is 14.8 Å². The van der Waals surface area contributed by atoms with Gasteiger partial charge in [0.2, 0.25) is 0 Å². The first-order chi connectivity index (χ1) is 20.3. The third-order valence-corrected chi connectivity index (χ3v) is 8.92. The van der Waals surface area contributed by atoms with Crippen molar-refractivity contribution in [2.75, 3.05) is 4.90 Å². The Morgan fingerprint density at radius 1 is 0.929 bits per heavy atom. The van der Waals surface area contributed by atoms with Gasteiger partial charge in [-0.1, -0.05) is 35.5 Å². The lowest BCUT2D eigenvalue weighted by atomic mass is 9.96. The fourth-order valence-electron chi connectivity index (χ4n) is 5.50. The molecular formula is C32H26ClN5O2S2. The number of non-ortho nitro benzene ring substituents is 1. The molecule has 1 saturated heterocycles. The van der Waals surface area contributed by atoms with Crippen molar-refractivity contribution in [2.24, 2.45) is 0 Å². The van der Waals surface area contributed by atoms with Crippen LogP contribution in [0.25, 0.3) is 5.69 Å². The molecule has 0 spiro atoms. The molecule has 42 heavy (non-hydrogen) atoms. The number of benzene rings is 3. The van der Waals surface area contributed by atoms with Gasteiger partial charge in [-0.2, -0.15) is 0 Å². The Hall–Kier alpha value is -4.18. The van der Waals surface area contributed by atoms with E-state index in [1.165, 1.54) is 12.1 Å². The largest absolute Gasteiger partial charge is 0.351 e. The number of anilines is 1. The lowest BCUT2D eigenvalue weighted by molar-refractivity contribution is -0.384. The van der Waals surface area contributed by atoms with Crippen molar-refractivity contribution in [3.63, 3.8) is 0 Å². The monoisotopic (exact) mass is 611 g/mol. The van der Waals surface area contributed by atoms with Gasteiger partial charge in [-0.05, 0) is 104 Å². The van der Waals surface area contributed by atoms with E-state index >= 15 is 0 Å². The number of nitro groups is 1. The summed E-state index contributed by atoms with van der Waals surface area (Å²) in [4.78, 5) is 19.4. The average Bonchev–Trinajstić information content (AvgIpc) is 3.48. The Morgan fingerprint density at radius 3 is 2.29 bits per heavy atom. The predicted molar refractivity (Wildman–Crippen MR) is 172 cm³/mol. The third kappa shape index (κ3) is 5.38. The van der Waals surface area contributed by atoms with Gasteiger partial charge in [0.15, 0.2) is 5.11 Å². The molecule has 3 heterocycles. The molecule has 1 N–H and O–H groups in total. The number of nitro benzene ring substituents is 1. The van der Waals surface area contributed by atoms with Crippen LogP contribution in [-0.4, -0.2) is 19.6 Å². The van der Waals surface area contributed by atoms with Crippen LogP contribution in [0.15, 0.2) is 113 Å². The highest BCUT2D eigenvalue weighted by atomic mass is 35.5. The molecule has 7 nitrogen and oxygen atoms in total. The summed E-state index contributed by atoms with van der Waals surface area (Å²) >= 11 is 13.8. The minimum Gasteiger partial charge on any atom is -0.351 e. The van der Waals surface area contributed by atoms with Crippen LogP contribution in [0.4, 0.5) is 11.4 Å². The van der Waals surface area contributed by atoms with Gasteiger partial charge in [0.1, 0.15) is 0 Å². The minimum absolute atomic E-state index is 0.0768. The molecule has 2 atom stereocenters. The first-order valence-corrected chi connectivity index (χ1v) is 14.9. The van der Waals surface area contributed by atoms with Gasteiger partial charge in [-0.3, -0.25) is 15.1 Å². The number of thiocarbonyl (C=S) groups is 1. The van der Waals surface area contributed by atoms with Crippen LogP contribution in [0.1, 0.15) is 34.7 Å². The van der Waals surface area contributed by atoms with Crippen LogP contribution in [0.2, 0.25) is 5.02 Å². The van der Waals surface area contributed by atoms with Crippen molar-refractivity contribution in [1.82, 2.24) is 14.9 Å². The first-order valence-electron chi connectivity index (χ1n) is 13.3. The Kier molecular flexibility index (Phi) is 7.72. The van der Waals surface area contributed by atoms with Gasteiger partial charge in [0.05, 0.1) is 22.7 Å². The van der Waals surface area contributed by atoms with E-state index in [1.807, 2.05) is 48.5 Å². The van der Waals surface area contributed by atoms with E-state index < -0.39 is 4.92 Å². The van der Waals surface area contributed by atoms with Gasteiger partial charge in [0.25, 0.3) is 5.69 Å². The van der Waals surface area contributed by atoms with E-state index in [-0.39, 0.29) is 17.8 Å². The van der Waals surface area contributed by atoms with Gasteiger partial charge in [-0.25, -0.2) is 0 Å². The van der Waals surface area contributed by atoms with Crippen molar-refractivity contribution in [3.8, 4) is 5.69 Å². The van der Waals surface area contributed by atoms with Gasteiger partial charge in [0, 0.05) is 55.9 Å². The number of nitrogens with one attached hydrogen (secondary N) is 1. The molecule has 6 rings (SSSR count). The molecule has 5 aromatic rings. The molecule has 2 aromatic heterocycles. The Bertz CT molecular complexity index is 1780. The maximum Gasteiger partial charge on any atom is 0.269 e. The quantitative estimate of drug-likeness (QED) is 0.112. The Balaban J connectivity index is 1.37. The van der Waals surface area contributed by atoms with Crippen LogP contribution in [0.5, 0.6) is 0 Å². The molecule has 3 aromatic carbocycles. The molecule has 0 aliphatic carbocycles. The topological polar surface area (TPSA) is 76.2 Å². The highest BCUT2D eigenvalue weighted by molar-refractivity contribution is 7.99. The lowest BCUT2D eigenvalue weighted by Crippen LogP contribution is -2.29. The highest BCUT2D eigenvalue weighted by Gasteiger charge is 2.42. The zero-order valence-electron chi connectivity index (χ0n) is 22.8. The Labute approximate surface area is 258 Å². The average molecular weight is 612 g/mol. The van der Waals surface area contributed by atoms with E-state index in [0.29, 0.717) is 10.1 Å². The van der Waals surface area contributed by atoms with Crippen molar-refractivity contribution < 1.29 is 4.92 Å². The number of hydrogen-bond acceptors (Lipinski definition) is 5. The summed E-state index contributed by atoms with van der Waals surface area (Å²) in [6.07, 6.45) is 1.80. The maximum absolute atomic E-state index is 11.0. The summed E-state index contributed by atoms with van der Waals surface area (Å²) in [5.74, 6) is 0. The second-order valence-electron chi connectivity index (χ2n) is 9.99. The number of aryl methyl sites for hydroxylation is 1. The molecule has 0 amide bonds. The number of hydrogen-bond donors (Lipinski definition) is 1. The zero-order chi connectivity index (χ0) is 29.4. The number of halogens is 1. The summed E-state index contributed by atoms with van der Waals surface area (Å²) in [6.45, 7) is 4.23. The fraction of sp³-hybridized carbons (Fsp3) is 0.125. The minimum atomic E-state index is -0.392. The molecule has 0 saturated carbocycles. The van der Waals surface area contributed by atoms with E-state index in [9.17, 15) is 10.1 Å². The smallest absolute Gasteiger partial charge is 0.269 e. The standard InChI is InChI=1S/C32H26ClN5O2S2/c1-20-18-28(21(2)36(20)25-7-5-6-22(33)19-25)31-30(29-8-3-4-17-34-29)35-32(41)37(31)23-9-13-26(14-10-23)42-27-15-11-24(12-16-27)38(39)40/h3-19,30-31H,1-2H3,(H,35,41)/t30-,31+/m1/s1. The number of aromatic nitrogens is 2.